The van der Waals surface area contributed by atoms with E-state index in [1.165, 1.54) is 180 Å². The van der Waals surface area contributed by atoms with E-state index in [4.69, 9.17) is 14.2 Å². The smallest absolute Gasteiger partial charge is 0.306 e. The molecule has 0 saturated carbocycles. The van der Waals surface area contributed by atoms with Crippen molar-refractivity contribution < 1.29 is 28.6 Å². The first kappa shape index (κ1) is 76.3. The zero-order valence-corrected chi connectivity index (χ0v) is 52.8. The van der Waals surface area contributed by atoms with E-state index in [0.29, 0.717) is 19.3 Å². The van der Waals surface area contributed by atoms with Crippen LogP contribution in [0.15, 0.2) is 97.2 Å². The zero-order chi connectivity index (χ0) is 57.8. The van der Waals surface area contributed by atoms with Crippen LogP contribution in [0.1, 0.15) is 335 Å². The molecular weight excluding hydrogens is 985 g/mol. The molecule has 0 aromatic heterocycles. The summed E-state index contributed by atoms with van der Waals surface area (Å²) in [5.41, 5.74) is 0. The second-order valence-corrected chi connectivity index (χ2v) is 22.7. The largest absolute Gasteiger partial charge is 0.462 e. The van der Waals surface area contributed by atoms with E-state index in [-0.39, 0.29) is 31.1 Å². The molecule has 460 valence electrons. The predicted octanol–water partition coefficient (Wildman–Crippen LogP) is 23.6. The van der Waals surface area contributed by atoms with Crippen LogP contribution in [0, 0.1) is 0 Å². The van der Waals surface area contributed by atoms with Crippen LogP contribution in [0.25, 0.3) is 0 Å². The van der Waals surface area contributed by atoms with E-state index in [2.05, 4.69) is 118 Å². The predicted molar refractivity (Wildman–Crippen MR) is 348 cm³/mol. The van der Waals surface area contributed by atoms with Crippen molar-refractivity contribution in [3.05, 3.63) is 97.2 Å². The van der Waals surface area contributed by atoms with Crippen molar-refractivity contribution >= 4 is 17.9 Å². The molecule has 0 N–H and O–H groups in total. The highest BCUT2D eigenvalue weighted by atomic mass is 16.6. The molecule has 1 atom stereocenters. The Labute approximate surface area is 496 Å². The molecule has 0 aromatic rings. The Morgan fingerprint density at radius 2 is 0.487 bits per heavy atom. The van der Waals surface area contributed by atoms with Crippen LogP contribution in [0.2, 0.25) is 0 Å². The summed E-state index contributed by atoms with van der Waals surface area (Å²) in [6.07, 6.45) is 91.5. The Kier molecular flexibility index (Phi) is 64.7. The monoisotopic (exact) mass is 1110 g/mol. The van der Waals surface area contributed by atoms with Crippen molar-refractivity contribution in [1.82, 2.24) is 0 Å². The number of carbonyl (C=O) groups is 3. The van der Waals surface area contributed by atoms with Gasteiger partial charge in [0.1, 0.15) is 13.2 Å². The molecule has 0 aromatic carbocycles. The average Bonchev–Trinajstić information content (AvgIpc) is 3.46. The minimum absolute atomic E-state index is 0.0858. The van der Waals surface area contributed by atoms with E-state index in [0.717, 1.165) is 116 Å². The minimum Gasteiger partial charge on any atom is -0.462 e. The molecule has 1 unspecified atom stereocenters. The Morgan fingerprint density at radius 3 is 0.775 bits per heavy atom. The molecule has 0 rings (SSSR count). The summed E-state index contributed by atoms with van der Waals surface area (Å²) in [4.78, 5) is 38.4. The second kappa shape index (κ2) is 67.8. The highest BCUT2D eigenvalue weighted by Crippen LogP contribution is 2.18. The van der Waals surface area contributed by atoms with Crippen LogP contribution in [-0.2, 0) is 28.6 Å². The van der Waals surface area contributed by atoms with Gasteiger partial charge >= 0.3 is 17.9 Å². The van der Waals surface area contributed by atoms with Crippen molar-refractivity contribution in [2.24, 2.45) is 0 Å². The number of allylic oxidation sites excluding steroid dienone is 16. The third kappa shape index (κ3) is 65.1. The van der Waals surface area contributed by atoms with Crippen LogP contribution < -0.4 is 0 Å². The van der Waals surface area contributed by atoms with Gasteiger partial charge in [-0.2, -0.15) is 0 Å². The lowest BCUT2D eigenvalue weighted by atomic mass is 10.0. The fraction of sp³-hybridized carbons (Fsp3) is 0.743. The van der Waals surface area contributed by atoms with Crippen molar-refractivity contribution in [3.63, 3.8) is 0 Å². The van der Waals surface area contributed by atoms with Crippen LogP contribution in [0.5, 0.6) is 0 Å². The topological polar surface area (TPSA) is 78.9 Å². The maximum absolute atomic E-state index is 12.9. The third-order valence-corrected chi connectivity index (χ3v) is 14.8. The standard InChI is InChI=1S/C74H128O6/c1-4-7-10-13-16-19-22-25-27-29-31-33-35-36-37-38-39-41-42-44-46-49-52-55-58-61-64-67-73(76)79-70-71(69-78-72(75)66-63-60-57-54-51-48-24-21-18-15-12-9-6-3)80-74(77)68-65-62-59-56-53-50-47-45-43-40-34-32-30-28-26-23-20-17-14-11-8-5-2/h7,9-10,12,16,18-19,21,25,27,31,33,36-37,48,51,71H,4-6,8,11,13-15,17,20,22-24,26,28-30,32,34-35,38-47,49-50,52-70H2,1-3H3/b10-7-,12-9-,19-16-,21-18-,27-25-,33-31-,37-36-,51-48-. The minimum atomic E-state index is -0.791. The van der Waals surface area contributed by atoms with Gasteiger partial charge in [0.25, 0.3) is 0 Å². The summed E-state index contributed by atoms with van der Waals surface area (Å²) < 4.78 is 16.9. The molecule has 0 amide bonds. The fourth-order valence-corrected chi connectivity index (χ4v) is 9.78. The Balaban J connectivity index is 4.29. The Bertz CT molecular complexity index is 1560. The zero-order valence-electron chi connectivity index (χ0n) is 52.8. The van der Waals surface area contributed by atoms with Crippen molar-refractivity contribution in [1.29, 1.82) is 0 Å². The summed E-state index contributed by atoms with van der Waals surface area (Å²) in [5.74, 6) is -0.903. The number of unbranched alkanes of at least 4 members (excludes halogenated alkanes) is 35. The van der Waals surface area contributed by atoms with Gasteiger partial charge < -0.3 is 14.2 Å². The summed E-state index contributed by atoms with van der Waals surface area (Å²) in [5, 5.41) is 0. The quantitative estimate of drug-likeness (QED) is 0.0261. The second-order valence-electron chi connectivity index (χ2n) is 22.7. The van der Waals surface area contributed by atoms with Gasteiger partial charge in [0.2, 0.25) is 0 Å². The van der Waals surface area contributed by atoms with E-state index < -0.39 is 6.10 Å². The lowest BCUT2D eigenvalue weighted by molar-refractivity contribution is -0.167. The Hall–Kier alpha value is -3.67. The lowest BCUT2D eigenvalue weighted by Gasteiger charge is -2.18. The highest BCUT2D eigenvalue weighted by Gasteiger charge is 2.19. The molecular formula is C74H128O6. The van der Waals surface area contributed by atoms with Crippen LogP contribution in [0.4, 0.5) is 0 Å². The van der Waals surface area contributed by atoms with Crippen LogP contribution >= 0.6 is 0 Å². The van der Waals surface area contributed by atoms with Gasteiger partial charge in [-0.05, 0) is 96.3 Å². The first-order valence-electron chi connectivity index (χ1n) is 34.2. The maximum Gasteiger partial charge on any atom is 0.306 e. The van der Waals surface area contributed by atoms with Gasteiger partial charge in [-0.15, -0.1) is 0 Å². The molecule has 0 aliphatic heterocycles. The molecule has 0 radical (unpaired) electrons. The summed E-state index contributed by atoms with van der Waals surface area (Å²) in [7, 11) is 0. The molecule has 0 saturated heterocycles. The van der Waals surface area contributed by atoms with Crippen LogP contribution in [-0.4, -0.2) is 37.2 Å². The van der Waals surface area contributed by atoms with Gasteiger partial charge in [-0.25, -0.2) is 0 Å². The molecule has 6 nitrogen and oxygen atoms in total. The molecule has 6 heteroatoms. The van der Waals surface area contributed by atoms with E-state index in [1.807, 2.05) is 0 Å². The van der Waals surface area contributed by atoms with E-state index in [9.17, 15) is 14.4 Å². The van der Waals surface area contributed by atoms with E-state index in [1.54, 1.807) is 0 Å². The van der Waals surface area contributed by atoms with Gasteiger partial charge in [0.05, 0.1) is 0 Å². The van der Waals surface area contributed by atoms with Crippen molar-refractivity contribution in [2.45, 2.75) is 341 Å². The van der Waals surface area contributed by atoms with Crippen molar-refractivity contribution in [2.75, 3.05) is 13.2 Å². The van der Waals surface area contributed by atoms with Crippen LogP contribution in [0.3, 0.4) is 0 Å². The number of hydrogen-bond donors (Lipinski definition) is 0. The number of rotatable bonds is 62. The molecule has 0 spiro atoms. The summed E-state index contributed by atoms with van der Waals surface area (Å²) >= 11 is 0. The highest BCUT2D eigenvalue weighted by molar-refractivity contribution is 5.71. The maximum atomic E-state index is 12.9. The first-order valence-corrected chi connectivity index (χ1v) is 34.2. The molecule has 0 fully saturated rings. The van der Waals surface area contributed by atoms with Gasteiger partial charge in [-0.1, -0.05) is 317 Å². The normalized spacial score (nSPS) is 12.7. The number of carbonyl (C=O) groups excluding carboxylic acids is 3. The van der Waals surface area contributed by atoms with Gasteiger partial charge in [-0.3, -0.25) is 14.4 Å². The van der Waals surface area contributed by atoms with Gasteiger partial charge in [0.15, 0.2) is 6.10 Å². The number of ether oxygens (including phenoxy) is 3. The average molecular weight is 1110 g/mol. The first-order chi connectivity index (χ1) is 39.5. The lowest BCUT2D eigenvalue weighted by Crippen LogP contribution is -2.30. The van der Waals surface area contributed by atoms with Gasteiger partial charge in [0, 0.05) is 19.3 Å². The fourth-order valence-electron chi connectivity index (χ4n) is 9.78. The molecule has 0 bridgehead atoms. The van der Waals surface area contributed by atoms with Crippen molar-refractivity contribution in [3.8, 4) is 0 Å². The molecule has 0 aliphatic carbocycles. The van der Waals surface area contributed by atoms with E-state index >= 15 is 0 Å². The summed E-state index contributed by atoms with van der Waals surface area (Å²) in [6.45, 7) is 6.43. The molecule has 80 heavy (non-hydrogen) atoms. The number of hydrogen-bond acceptors (Lipinski definition) is 6. The summed E-state index contributed by atoms with van der Waals surface area (Å²) in [6, 6.07) is 0. The number of esters is 3. The SMILES string of the molecule is CC/C=C\C/C=C\C/C=C\C/C=C\C/C=C\CCCCCCCCCCCCCC(=O)OCC(COC(=O)CCCCC/C=C\C/C=C\C/C=C\CC)OC(=O)CCCCCCCCCCCCCCCCCCCCCCCC. The Morgan fingerprint density at radius 1 is 0.263 bits per heavy atom. The third-order valence-electron chi connectivity index (χ3n) is 14.8. The molecule has 0 aliphatic rings. The molecule has 0 heterocycles.